The molecular weight excluding hydrogens is 322 g/mol. The highest BCUT2D eigenvalue weighted by Gasteiger charge is 2.17. The van der Waals surface area contributed by atoms with Crippen molar-refractivity contribution < 1.29 is 13.5 Å². The zero-order chi connectivity index (χ0) is 18.3. The maximum atomic E-state index is 11.1. The lowest BCUT2D eigenvalue weighted by atomic mass is 10.0. The number of rotatable bonds is 17. The molecule has 2 atom stereocenters. The summed E-state index contributed by atoms with van der Waals surface area (Å²) < 4.78 is 24.7. The van der Waals surface area contributed by atoms with Gasteiger partial charge in [-0.15, -0.1) is 0 Å². The zero-order valence-corrected chi connectivity index (χ0v) is 17.0. The van der Waals surface area contributed by atoms with Crippen LogP contribution in [-0.4, -0.2) is 31.9 Å². The fourth-order valence-corrected chi connectivity index (χ4v) is 3.87. The van der Waals surface area contributed by atoms with Crippen LogP contribution in [-0.2, 0) is 10.0 Å². The Morgan fingerprint density at radius 1 is 0.792 bits per heavy atom. The fourth-order valence-electron chi connectivity index (χ4n) is 3.04. The van der Waals surface area contributed by atoms with Crippen molar-refractivity contribution in [1.29, 1.82) is 0 Å². The molecule has 0 aromatic carbocycles. The summed E-state index contributed by atoms with van der Waals surface area (Å²) in [7, 11) is -3.24. The Bertz CT molecular complexity index is 371. The summed E-state index contributed by atoms with van der Waals surface area (Å²) in [5.41, 5.74) is 0. The van der Waals surface area contributed by atoms with Crippen molar-refractivity contribution in [2.24, 2.45) is 0 Å². The predicted molar refractivity (Wildman–Crippen MR) is 104 cm³/mol. The Hall–Kier alpha value is -0.130. The van der Waals surface area contributed by atoms with Crippen molar-refractivity contribution in [1.82, 2.24) is 4.72 Å². The monoisotopic (exact) mass is 363 g/mol. The molecule has 0 amide bonds. The summed E-state index contributed by atoms with van der Waals surface area (Å²) in [6.45, 7) is 3.97. The molecule has 0 saturated carbocycles. The summed E-state index contributed by atoms with van der Waals surface area (Å²) in [4.78, 5) is 0. The molecule has 5 heteroatoms. The summed E-state index contributed by atoms with van der Waals surface area (Å²) in [5.74, 6) is 0. The maximum absolute atomic E-state index is 11.1. The van der Waals surface area contributed by atoms with Gasteiger partial charge in [-0.2, -0.15) is 0 Å². The van der Waals surface area contributed by atoms with E-state index in [1.54, 1.807) is 6.92 Å². The summed E-state index contributed by atoms with van der Waals surface area (Å²) in [6, 6.07) is -0.405. The normalized spacial score (nSPS) is 14.7. The van der Waals surface area contributed by atoms with E-state index in [4.69, 9.17) is 0 Å². The Morgan fingerprint density at radius 2 is 1.17 bits per heavy atom. The Kier molecular flexibility index (Phi) is 15.1. The largest absolute Gasteiger partial charge is 0.391 e. The van der Waals surface area contributed by atoms with E-state index < -0.39 is 22.2 Å². The fraction of sp³-hybridized carbons (Fsp3) is 1.00. The third-order valence-electron chi connectivity index (χ3n) is 4.58. The number of aliphatic hydroxyl groups is 1. The van der Waals surface area contributed by atoms with E-state index in [-0.39, 0.29) is 0 Å². The van der Waals surface area contributed by atoms with Crippen LogP contribution in [0.25, 0.3) is 0 Å². The molecule has 0 aromatic heterocycles. The third-order valence-corrected chi connectivity index (χ3v) is 5.38. The molecule has 24 heavy (non-hydrogen) atoms. The van der Waals surface area contributed by atoms with Crippen molar-refractivity contribution in [2.75, 3.05) is 6.26 Å². The van der Waals surface area contributed by atoms with Crippen molar-refractivity contribution in [2.45, 2.75) is 116 Å². The van der Waals surface area contributed by atoms with Gasteiger partial charge in [0.25, 0.3) is 0 Å². The van der Waals surface area contributed by atoms with Crippen LogP contribution < -0.4 is 4.72 Å². The van der Waals surface area contributed by atoms with Crippen molar-refractivity contribution >= 4 is 10.0 Å². The van der Waals surface area contributed by atoms with Gasteiger partial charge in [0, 0.05) is 6.04 Å². The van der Waals surface area contributed by atoms with Crippen LogP contribution in [0.4, 0.5) is 0 Å². The van der Waals surface area contributed by atoms with Gasteiger partial charge in [-0.25, -0.2) is 13.1 Å². The van der Waals surface area contributed by atoms with Crippen LogP contribution in [0.15, 0.2) is 0 Å². The van der Waals surface area contributed by atoms with Crippen molar-refractivity contribution in [3.05, 3.63) is 0 Å². The molecule has 0 aliphatic heterocycles. The van der Waals surface area contributed by atoms with Gasteiger partial charge < -0.3 is 5.11 Å². The van der Waals surface area contributed by atoms with Crippen LogP contribution in [0.1, 0.15) is 104 Å². The second-order valence-electron chi connectivity index (χ2n) is 7.28. The molecule has 0 aliphatic carbocycles. The Balaban J connectivity index is 3.33. The minimum atomic E-state index is -3.24. The van der Waals surface area contributed by atoms with Gasteiger partial charge in [0.15, 0.2) is 0 Å². The second-order valence-corrected chi connectivity index (χ2v) is 9.06. The molecule has 0 radical (unpaired) electrons. The average molecular weight is 364 g/mol. The summed E-state index contributed by atoms with van der Waals surface area (Å²) >= 11 is 0. The number of unbranched alkanes of at least 4 members (excludes halogenated alkanes) is 12. The van der Waals surface area contributed by atoms with E-state index in [1.807, 2.05) is 0 Å². The lowest BCUT2D eigenvalue weighted by Gasteiger charge is -2.18. The first-order valence-electron chi connectivity index (χ1n) is 10.0. The highest BCUT2D eigenvalue weighted by Crippen LogP contribution is 2.14. The zero-order valence-electron chi connectivity index (χ0n) is 16.2. The molecule has 0 spiro atoms. The van der Waals surface area contributed by atoms with Crippen LogP contribution in [0.3, 0.4) is 0 Å². The standard InChI is InChI=1S/C19H41NO3S/c1-4-5-6-7-8-9-10-11-12-13-14-15-16-17-19(21)18(2)20-24(3,22)23/h18-21H,4-17H2,1-3H3/t18-,19+/m0/s1. The lowest BCUT2D eigenvalue weighted by molar-refractivity contribution is 0.131. The van der Waals surface area contributed by atoms with Gasteiger partial charge in [-0.05, 0) is 13.3 Å². The predicted octanol–water partition coefficient (Wildman–Crippen LogP) is 4.77. The molecule has 4 nitrogen and oxygen atoms in total. The van der Waals surface area contributed by atoms with Gasteiger partial charge in [0.2, 0.25) is 10.0 Å². The highest BCUT2D eigenvalue weighted by molar-refractivity contribution is 7.88. The van der Waals surface area contributed by atoms with Gasteiger partial charge >= 0.3 is 0 Å². The topological polar surface area (TPSA) is 66.4 Å². The summed E-state index contributed by atoms with van der Waals surface area (Å²) in [6.07, 6.45) is 18.2. The molecule has 0 bridgehead atoms. The van der Waals surface area contributed by atoms with E-state index in [0.717, 1.165) is 19.1 Å². The van der Waals surface area contributed by atoms with Gasteiger partial charge in [0.05, 0.1) is 12.4 Å². The minimum Gasteiger partial charge on any atom is -0.391 e. The van der Waals surface area contributed by atoms with E-state index in [1.165, 1.54) is 70.6 Å². The molecule has 0 aromatic rings. The minimum absolute atomic E-state index is 0.405. The van der Waals surface area contributed by atoms with E-state index in [9.17, 15) is 13.5 Å². The number of nitrogens with one attached hydrogen (secondary N) is 1. The molecule has 0 heterocycles. The maximum Gasteiger partial charge on any atom is 0.209 e. The molecular formula is C19H41NO3S. The van der Waals surface area contributed by atoms with E-state index in [0.29, 0.717) is 6.42 Å². The van der Waals surface area contributed by atoms with Gasteiger partial charge in [-0.1, -0.05) is 90.4 Å². The first-order valence-corrected chi connectivity index (χ1v) is 11.9. The van der Waals surface area contributed by atoms with Crippen molar-refractivity contribution in [3.8, 4) is 0 Å². The lowest BCUT2D eigenvalue weighted by Crippen LogP contribution is -2.40. The second kappa shape index (κ2) is 15.2. The van der Waals surface area contributed by atoms with Crippen molar-refractivity contribution in [3.63, 3.8) is 0 Å². The smallest absolute Gasteiger partial charge is 0.209 e. The highest BCUT2D eigenvalue weighted by atomic mass is 32.2. The van der Waals surface area contributed by atoms with Gasteiger partial charge in [0.1, 0.15) is 0 Å². The van der Waals surface area contributed by atoms with Crippen LogP contribution in [0.5, 0.6) is 0 Å². The molecule has 0 unspecified atom stereocenters. The van der Waals surface area contributed by atoms with Crippen LogP contribution >= 0.6 is 0 Å². The SMILES string of the molecule is CCCCCCCCCCCCCCC[C@@H](O)[C@H](C)NS(C)(=O)=O. The van der Waals surface area contributed by atoms with Gasteiger partial charge in [-0.3, -0.25) is 0 Å². The molecule has 146 valence electrons. The summed E-state index contributed by atoms with van der Waals surface area (Å²) in [5, 5.41) is 9.93. The first-order chi connectivity index (χ1) is 11.4. The molecule has 2 N–H and O–H groups in total. The van der Waals surface area contributed by atoms with E-state index >= 15 is 0 Å². The van der Waals surface area contributed by atoms with Crippen LogP contribution in [0, 0.1) is 0 Å². The van der Waals surface area contributed by atoms with Crippen LogP contribution in [0.2, 0.25) is 0 Å². The molecule has 0 fully saturated rings. The quantitative estimate of drug-likeness (QED) is 0.366. The number of sulfonamides is 1. The molecule has 0 saturated heterocycles. The first kappa shape index (κ1) is 23.9. The Morgan fingerprint density at radius 3 is 1.54 bits per heavy atom. The molecule has 0 aliphatic rings. The number of hydrogen-bond donors (Lipinski definition) is 2. The number of aliphatic hydroxyl groups excluding tert-OH is 1. The van der Waals surface area contributed by atoms with E-state index in [2.05, 4.69) is 11.6 Å². The molecule has 0 rings (SSSR count). The number of hydrogen-bond acceptors (Lipinski definition) is 3. The average Bonchev–Trinajstić information content (AvgIpc) is 2.50. The third kappa shape index (κ3) is 16.7. The Labute approximate surface area is 150 Å².